The van der Waals surface area contributed by atoms with E-state index in [1.165, 1.54) is 0 Å². The fourth-order valence-electron chi connectivity index (χ4n) is 1.14. The summed E-state index contributed by atoms with van der Waals surface area (Å²) in [6.45, 7) is 6.00. The lowest BCUT2D eigenvalue weighted by molar-refractivity contribution is 1.33. The summed E-state index contributed by atoms with van der Waals surface area (Å²) in [5.41, 5.74) is 2.19. The highest BCUT2D eigenvalue weighted by Gasteiger charge is 1.93. The van der Waals surface area contributed by atoms with Gasteiger partial charge in [-0.15, -0.1) is 13.2 Å². The summed E-state index contributed by atoms with van der Waals surface area (Å²) in [7, 11) is 0. The van der Waals surface area contributed by atoms with E-state index < -0.39 is 0 Å². The molecule has 0 spiro atoms. The van der Waals surface area contributed by atoms with Crippen molar-refractivity contribution in [2.75, 3.05) is 0 Å². The van der Waals surface area contributed by atoms with Crippen molar-refractivity contribution in [2.45, 2.75) is 0 Å². The summed E-state index contributed by atoms with van der Waals surface area (Å²) >= 11 is 0. The van der Waals surface area contributed by atoms with Crippen LogP contribution < -0.4 is 0 Å². The second-order valence-electron chi connectivity index (χ2n) is 2.58. The lowest BCUT2D eigenvalue weighted by Gasteiger charge is -1.97. The van der Waals surface area contributed by atoms with Gasteiger partial charge in [0.05, 0.1) is 5.69 Å². The average Bonchev–Trinajstić information content (AvgIpc) is 2.34. The third-order valence-electron chi connectivity index (χ3n) is 1.73. The molecule has 1 aromatic heterocycles. The smallest absolute Gasteiger partial charge is 0.0701 e. The van der Waals surface area contributed by atoms with Crippen LogP contribution in [0.3, 0.4) is 0 Å². The van der Waals surface area contributed by atoms with Crippen LogP contribution in [0.4, 0.5) is 0 Å². The highest BCUT2D eigenvalue weighted by molar-refractivity contribution is 5.58. The van der Waals surface area contributed by atoms with Crippen molar-refractivity contribution < 1.29 is 0 Å². The maximum atomic E-state index is 4.25. The van der Waals surface area contributed by atoms with Gasteiger partial charge in [-0.2, -0.15) is 0 Å². The monoisotopic (exact) mass is 183 g/mol. The van der Waals surface area contributed by atoms with Crippen LogP contribution >= 0.6 is 0 Å². The van der Waals surface area contributed by atoms with Crippen LogP contribution in [-0.2, 0) is 0 Å². The van der Waals surface area contributed by atoms with E-state index in [2.05, 4.69) is 30.3 Å². The molecule has 0 atom stereocenters. The highest BCUT2D eigenvalue weighted by atomic mass is 14.7. The molecule has 14 heavy (non-hydrogen) atoms. The number of pyridine rings is 1. The van der Waals surface area contributed by atoms with E-state index in [-0.39, 0.29) is 0 Å². The molecule has 1 aromatic carbocycles. The zero-order valence-electron chi connectivity index (χ0n) is 8.06. The Balaban J connectivity index is 0.000000461. The first kappa shape index (κ1) is 10.2. The Labute approximate surface area is 84.8 Å². The molecule has 1 nitrogen and oxygen atoms in total. The minimum absolute atomic E-state index is 1.03. The van der Waals surface area contributed by atoms with E-state index in [1.54, 1.807) is 0 Å². The molecular formula is C13H13N. The number of hydrogen-bond donors (Lipinski definition) is 0. The van der Waals surface area contributed by atoms with Gasteiger partial charge in [0.15, 0.2) is 0 Å². The predicted molar refractivity (Wildman–Crippen MR) is 60.9 cm³/mol. The van der Waals surface area contributed by atoms with Crippen LogP contribution in [-0.4, -0.2) is 4.98 Å². The molecular weight excluding hydrogens is 170 g/mol. The van der Waals surface area contributed by atoms with E-state index in [1.807, 2.05) is 42.6 Å². The van der Waals surface area contributed by atoms with Crippen LogP contribution in [0.15, 0.2) is 67.9 Å². The minimum Gasteiger partial charge on any atom is -0.256 e. The van der Waals surface area contributed by atoms with Gasteiger partial charge in [0.25, 0.3) is 0 Å². The predicted octanol–water partition coefficient (Wildman–Crippen LogP) is 3.55. The van der Waals surface area contributed by atoms with Crippen molar-refractivity contribution in [3.63, 3.8) is 0 Å². The molecule has 0 N–H and O–H groups in total. The van der Waals surface area contributed by atoms with Crippen molar-refractivity contribution in [1.82, 2.24) is 4.98 Å². The molecule has 0 amide bonds. The molecule has 0 radical (unpaired) electrons. The van der Waals surface area contributed by atoms with Crippen molar-refractivity contribution in [2.24, 2.45) is 0 Å². The van der Waals surface area contributed by atoms with Gasteiger partial charge in [-0.25, -0.2) is 0 Å². The summed E-state index contributed by atoms with van der Waals surface area (Å²) in [5, 5.41) is 0. The molecule has 0 bridgehead atoms. The number of nitrogens with zero attached hydrogens (tertiary/aromatic N) is 1. The van der Waals surface area contributed by atoms with E-state index in [9.17, 15) is 0 Å². The van der Waals surface area contributed by atoms with Crippen molar-refractivity contribution in [3.05, 3.63) is 67.9 Å². The zero-order valence-corrected chi connectivity index (χ0v) is 8.06. The Hall–Kier alpha value is -1.89. The lowest BCUT2D eigenvalue weighted by atomic mass is 10.1. The second kappa shape index (κ2) is 5.70. The largest absolute Gasteiger partial charge is 0.256 e. The van der Waals surface area contributed by atoms with Gasteiger partial charge in [-0.1, -0.05) is 36.4 Å². The summed E-state index contributed by atoms with van der Waals surface area (Å²) in [6.07, 6.45) is 1.81. The molecule has 1 heteroatoms. The number of rotatable bonds is 1. The summed E-state index contributed by atoms with van der Waals surface area (Å²) < 4.78 is 0. The van der Waals surface area contributed by atoms with Gasteiger partial charge in [-0.3, -0.25) is 4.98 Å². The summed E-state index contributed by atoms with van der Waals surface area (Å²) in [4.78, 5) is 4.25. The topological polar surface area (TPSA) is 12.9 Å². The third kappa shape index (κ3) is 2.56. The zero-order chi connectivity index (χ0) is 10.2. The SMILES string of the molecule is C=C.c1ccc(-c2ccccn2)cc1. The Bertz CT molecular complexity index is 316. The molecule has 0 unspecified atom stereocenters. The van der Waals surface area contributed by atoms with E-state index >= 15 is 0 Å². The lowest BCUT2D eigenvalue weighted by Crippen LogP contribution is -1.79. The van der Waals surface area contributed by atoms with Gasteiger partial charge in [0, 0.05) is 11.8 Å². The Kier molecular flexibility index (Phi) is 4.15. The van der Waals surface area contributed by atoms with Crippen LogP contribution in [0.1, 0.15) is 0 Å². The minimum atomic E-state index is 1.03. The van der Waals surface area contributed by atoms with Crippen molar-refractivity contribution in [1.29, 1.82) is 0 Å². The molecule has 1 heterocycles. The van der Waals surface area contributed by atoms with Crippen LogP contribution in [0.25, 0.3) is 11.3 Å². The Morgan fingerprint density at radius 3 is 2.00 bits per heavy atom. The van der Waals surface area contributed by atoms with Gasteiger partial charge >= 0.3 is 0 Å². The van der Waals surface area contributed by atoms with Crippen LogP contribution in [0.2, 0.25) is 0 Å². The molecule has 0 saturated heterocycles. The first-order chi connectivity index (χ1) is 6.97. The fraction of sp³-hybridized carbons (Fsp3) is 0. The third-order valence-corrected chi connectivity index (χ3v) is 1.73. The molecule has 70 valence electrons. The first-order valence-corrected chi connectivity index (χ1v) is 4.43. The van der Waals surface area contributed by atoms with Crippen molar-refractivity contribution >= 4 is 0 Å². The van der Waals surface area contributed by atoms with Crippen LogP contribution in [0, 0.1) is 0 Å². The average molecular weight is 183 g/mol. The van der Waals surface area contributed by atoms with Crippen molar-refractivity contribution in [3.8, 4) is 11.3 Å². The number of hydrogen-bond acceptors (Lipinski definition) is 1. The highest BCUT2D eigenvalue weighted by Crippen LogP contribution is 2.14. The number of aromatic nitrogens is 1. The molecule has 0 aliphatic rings. The molecule has 0 fully saturated rings. The van der Waals surface area contributed by atoms with E-state index in [4.69, 9.17) is 0 Å². The molecule has 2 aromatic rings. The standard InChI is InChI=1S/C11H9N.C2H4/c1-2-6-10(7-3-1)11-8-4-5-9-12-11;1-2/h1-9H;1-2H2. The Morgan fingerprint density at radius 1 is 0.786 bits per heavy atom. The second-order valence-corrected chi connectivity index (χ2v) is 2.58. The molecule has 0 saturated carbocycles. The first-order valence-electron chi connectivity index (χ1n) is 4.43. The quantitative estimate of drug-likeness (QED) is 0.616. The van der Waals surface area contributed by atoms with Gasteiger partial charge in [0.2, 0.25) is 0 Å². The normalized spacial score (nSPS) is 8.57. The molecule has 0 aliphatic carbocycles. The van der Waals surface area contributed by atoms with Gasteiger partial charge in [-0.05, 0) is 12.1 Å². The maximum Gasteiger partial charge on any atom is 0.0701 e. The number of benzene rings is 1. The molecule has 2 rings (SSSR count). The summed E-state index contributed by atoms with van der Waals surface area (Å²) in [6, 6.07) is 16.1. The van der Waals surface area contributed by atoms with Gasteiger partial charge < -0.3 is 0 Å². The maximum absolute atomic E-state index is 4.25. The van der Waals surface area contributed by atoms with E-state index in [0.717, 1.165) is 11.3 Å². The Morgan fingerprint density at radius 2 is 1.43 bits per heavy atom. The fourth-order valence-corrected chi connectivity index (χ4v) is 1.14. The van der Waals surface area contributed by atoms with E-state index in [0.29, 0.717) is 0 Å². The molecule has 0 aliphatic heterocycles. The summed E-state index contributed by atoms with van der Waals surface area (Å²) in [5.74, 6) is 0. The van der Waals surface area contributed by atoms with Gasteiger partial charge in [0.1, 0.15) is 0 Å². The van der Waals surface area contributed by atoms with Crippen LogP contribution in [0.5, 0.6) is 0 Å².